The van der Waals surface area contributed by atoms with Gasteiger partial charge in [0.15, 0.2) is 0 Å². The summed E-state index contributed by atoms with van der Waals surface area (Å²) in [7, 11) is 0. The van der Waals surface area contributed by atoms with Crippen LogP contribution in [0, 0.1) is 34.5 Å². The van der Waals surface area contributed by atoms with Gasteiger partial charge < -0.3 is 9.63 Å². The number of hydrogen-bond donors (Lipinski definition) is 1. The van der Waals surface area contributed by atoms with E-state index in [-0.39, 0.29) is 0 Å². The van der Waals surface area contributed by atoms with E-state index in [9.17, 15) is 5.11 Å². The lowest BCUT2D eigenvalue weighted by Gasteiger charge is -2.62. The maximum absolute atomic E-state index is 10.8. The number of aliphatic hydroxyl groups is 1. The van der Waals surface area contributed by atoms with Gasteiger partial charge in [-0.15, -0.1) is 0 Å². The maximum Gasteiger partial charge on any atom is 0.0793 e. The fourth-order valence-corrected chi connectivity index (χ4v) is 8.97. The Bertz CT molecular complexity index is 605. The minimum absolute atomic E-state index is 0.334. The van der Waals surface area contributed by atoms with Crippen molar-refractivity contribution in [2.45, 2.75) is 97.0 Å². The Hall–Kier alpha value is 0.820. The second kappa shape index (κ2) is 8.40. The molecule has 1 unspecified atom stereocenters. The molecule has 0 saturated heterocycles. The highest BCUT2D eigenvalue weighted by molar-refractivity contribution is 14.2. The Morgan fingerprint density at radius 1 is 1.14 bits per heavy atom. The fourth-order valence-electron chi connectivity index (χ4n) is 8.18. The Balaban J connectivity index is 1.62. The van der Waals surface area contributed by atoms with E-state index in [1.54, 1.807) is 5.57 Å². The van der Waals surface area contributed by atoms with Crippen molar-refractivity contribution in [2.75, 3.05) is 6.61 Å². The zero-order chi connectivity index (χ0) is 20.0. The third-order valence-electron chi connectivity index (χ3n) is 9.57. The summed E-state index contributed by atoms with van der Waals surface area (Å²) in [5.41, 5.74) is 2.14. The number of unbranched alkanes of at least 4 members (excludes halogenated alkanes) is 1. The van der Waals surface area contributed by atoms with Gasteiger partial charge in [-0.2, -0.15) is 0 Å². The van der Waals surface area contributed by atoms with E-state index in [1.807, 2.05) is 0 Å². The predicted octanol–water partition coefficient (Wildman–Crippen LogP) is 7.45. The second-order valence-corrected chi connectivity index (χ2v) is 12.7. The van der Waals surface area contributed by atoms with Crippen molar-refractivity contribution in [2.24, 2.45) is 34.5 Å². The first-order chi connectivity index (χ1) is 13.4. The molecule has 0 aromatic carbocycles. The fraction of sp³-hybridized carbons (Fsp3) is 0.917. The van der Waals surface area contributed by atoms with Gasteiger partial charge in [-0.25, -0.2) is 0 Å². The van der Waals surface area contributed by atoms with Gasteiger partial charge in [0.1, 0.15) is 0 Å². The molecule has 0 spiro atoms. The Morgan fingerprint density at radius 3 is 2.71 bits per heavy atom. The van der Waals surface area contributed by atoms with E-state index in [2.05, 4.69) is 48.9 Å². The monoisotopic (exact) mass is 518 g/mol. The first kappa shape index (κ1) is 22.0. The molecular formula is C24H40IO2P. The summed E-state index contributed by atoms with van der Waals surface area (Å²) in [6, 6.07) is 0. The number of hydrogen-bond acceptors (Lipinski definition) is 2. The van der Waals surface area contributed by atoms with Crippen molar-refractivity contribution in [1.82, 2.24) is 0 Å². The molecule has 4 aliphatic rings. The van der Waals surface area contributed by atoms with Gasteiger partial charge in [0, 0.05) is 5.41 Å². The van der Waals surface area contributed by atoms with Gasteiger partial charge in [0.05, 0.1) is 18.7 Å². The summed E-state index contributed by atoms with van der Waals surface area (Å²) in [5, 5.41) is 10.8. The van der Waals surface area contributed by atoms with Crippen molar-refractivity contribution < 1.29 is 9.63 Å². The first-order valence-electron chi connectivity index (χ1n) is 11.8. The van der Waals surface area contributed by atoms with E-state index in [0.717, 1.165) is 37.2 Å². The van der Waals surface area contributed by atoms with Crippen molar-refractivity contribution in [1.29, 1.82) is 0 Å². The molecule has 28 heavy (non-hydrogen) atoms. The molecular weight excluding hydrogens is 478 g/mol. The second-order valence-electron chi connectivity index (χ2n) is 11.0. The van der Waals surface area contributed by atoms with Crippen LogP contribution in [-0.2, 0) is 4.52 Å². The van der Waals surface area contributed by atoms with Crippen LogP contribution in [0.2, 0.25) is 0 Å². The Labute approximate surface area is 187 Å². The Morgan fingerprint density at radius 2 is 1.96 bits per heavy atom. The van der Waals surface area contributed by atoms with Crippen LogP contribution in [0.15, 0.2) is 11.6 Å². The predicted molar refractivity (Wildman–Crippen MR) is 128 cm³/mol. The van der Waals surface area contributed by atoms with Crippen LogP contribution < -0.4 is 0 Å². The zero-order valence-electron chi connectivity index (χ0n) is 18.1. The SMILES string of the molecule is CCC/C=C1/CC[C@H]2[C@@H]3CC[C@H]4C[C@](C)(O)CC[C@]4(COPI)[C@H]3CC[C@]12C. The topological polar surface area (TPSA) is 29.5 Å². The molecule has 0 amide bonds. The van der Waals surface area contributed by atoms with Crippen LogP contribution in [0.25, 0.3) is 0 Å². The summed E-state index contributed by atoms with van der Waals surface area (Å²) < 4.78 is 6.18. The summed E-state index contributed by atoms with van der Waals surface area (Å²) in [6.07, 6.45) is 16.5. The van der Waals surface area contributed by atoms with E-state index < -0.39 is 5.60 Å². The van der Waals surface area contributed by atoms with Gasteiger partial charge in [-0.05, 0) is 122 Å². The molecule has 0 bridgehead atoms. The van der Waals surface area contributed by atoms with Crippen LogP contribution in [0.3, 0.4) is 0 Å². The molecule has 4 heteroatoms. The molecule has 4 rings (SSSR count). The summed E-state index contributed by atoms with van der Waals surface area (Å²) >= 11 is 2.39. The van der Waals surface area contributed by atoms with Gasteiger partial charge in [-0.3, -0.25) is 0 Å². The Kier molecular flexibility index (Phi) is 6.61. The molecule has 0 aliphatic heterocycles. The quantitative estimate of drug-likeness (QED) is 0.233. The van der Waals surface area contributed by atoms with Crippen LogP contribution >= 0.6 is 28.5 Å². The summed E-state index contributed by atoms with van der Waals surface area (Å²) in [4.78, 5) is 0. The minimum atomic E-state index is -0.458. The smallest absolute Gasteiger partial charge is 0.0793 e. The third-order valence-corrected chi connectivity index (χ3v) is 10.8. The molecule has 0 radical (unpaired) electrons. The number of halogens is 1. The number of allylic oxidation sites excluding steroid dienone is 2. The van der Waals surface area contributed by atoms with Gasteiger partial charge in [0.2, 0.25) is 0 Å². The molecule has 0 aromatic heterocycles. The van der Waals surface area contributed by atoms with Crippen molar-refractivity contribution in [3.05, 3.63) is 11.6 Å². The average Bonchev–Trinajstić information content (AvgIpc) is 3.00. The lowest BCUT2D eigenvalue weighted by Crippen LogP contribution is -2.57. The minimum Gasteiger partial charge on any atom is -0.390 e. The van der Waals surface area contributed by atoms with Crippen molar-refractivity contribution in [3.8, 4) is 0 Å². The maximum atomic E-state index is 10.8. The van der Waals surface area contributed by atoms with E-state index >= 15 is 0 Å². The van der Waals surface area contributed by atoms with Crippen molar-refractivity contribution in [3.63, 3.8) is 0 Å². The van der Waals surface area contributed by atoms with Crippen LogP contribution in [0.1, 0.15) is 91.4 Å². The lowest BCUT2D eigenvalue weighted by molar-refractivity contribution is -0.159. The molecule has 160 valence electrons. The van der Waals surface area contributed by atoms with E-state index in [0.29, 0.717) is 23.2 Å². The van der Waals surface area contributed by atoms with Crippen molar-refractivity contribution >= 4 is 28.5 Å². The molecule has 2 nitrogen and oxygen atoms in total. The normalized spacial score (nSPS) is 50.0. The highest BCUT2D eigenvalue weighted by Gasteiger charge is 2.61. The molecule has 0 aromatic rings. The highest BCUT2D eigenvalue weighted by atomic mass is 127. The highest BCUT2D eigenvalue weighted by Crippen LogP contribution is 2.68. The van der Waals surface area contributed by atoms with Gasteiger partial charge in [0.25, 0.3) is 0 Å². The summed E-state index contributed by atoms with van der Waals surface area (Å²) in [5.74, 6) is 3.24. The van der Waals surface area contributed by atoms with E-state index in [1.165, 1.54) is 57.8 Å². The largest absolute Gasteiger partial charge is 0.390 e. The molecule has 1 N–H and O–H groups in total. The van der Waals surface area contributed by atoms with Crippen LogP contribution in [-0.4, -0.2) is 17.3 Å². The number of rotatable bonds is 5. The molecule has 8 atom stereocenters. The third kappa shape index (κ3) is 3.67. The number of fused-ring (bicyclic) bond motifs is 5. The summed E-state index contributed by atoms with van der Waals surface area (Å²) in [6.45, 7) is 8.49. The molecule has 4 aliphatic carbocycles. The molecule has 4 fully saturated rings. The van der Waals surface area contributed by atoms with Crippen LogP contribution in [0.4, 0.5) is 0 Å². The van der Waals surface area contributed by atoms with E-state index in [4.69, 9.17) is 4.52 Å². The lowest BCUT2D eigenvalue weighted by atomic mass is 9.44. The van der Waals surface area contributed by atoms with Crippen LogP contribution in [0.5, 0.6) is 0 Å². The standard InChI is InChI=1S/C24H40IO2P/c1-4-5-6-17-8-10-20-19-9-7-18-15-22(2,26)13-14-24(18,16-27-28-25)21(19)11-12-23(17,20)3/h6,18-21,26,28H,4-5,7-16H2,1-3H3/b17-6-/t18-,19-,20-,21-,22+,23+,24+/m0/s1. The van der Waals surface area contributed by atoms with Gasteiger partial charge >= 0.3 is 0 Å². The van der Waals surface area contributed by atoms with Gasteiger partial charge in [-0.1, -0.05) is 31.9 Å². The average molecular weight is 518 g/mol. The first-order valence-corrected chi connectivity index (χ1v) is 15.8. The zero-order valence-corrected chi connectivity index (χ0v) is 21.3. The molecule has 4 saturated carbocycles. The molecule has 0 heterocycles.